The van der Waals surface area contributed by atoms with Crippen molar-refractivity contribution >= 4 is 11.6 Å². The number of aromatic nitrogens is 4. The SMILES string of the molecule is C[C@H]1CN(c2nccc(-c3cnc4ccc(C(F)(F)F)cn34)n2)CCO1. The zero-order chi connectivity index (χ0) is 18.3. The molecule has 0 N–H and O–H groups in total. The molecular formula is C17H16F3N5O. The summed E-state index contributed by atoms with van der Waals surface area (Å²) in [5.41, 5.74) is 0.686. The van der Waals surface area contributed by atoms with E-state index < -0.39 is 11.7 Å². The molecule has 1 aliphatic rings. The standard InChI is InChI=1S/C17H16F3N5O/c1-11-9-24(6-7-26-11)16-21-5-4-13(23-16)14-8-22-15-3-2-12(10-25(14)15)17(18,19)20/h2-5,8,10-11H,6-7,9H2,1H3/t11-/m0/s1. The Kier molecular flexibility index (Phi) is 4.03. The lowest BCUT2D eigenvalue weighted by molar-refractivity contribution is -0.137. The molecule has 0 bridgehead atoms. The van der Waals surface area contributed by atoms with E-state index in [1.165, 1.54) is 16.7 Å². The lowest BCUT2D eigenvalue weighted by atomic mass is 10.2. The summed E-state index contributed by atoms with van der Waals surface area (Å²) in [5, 5.41) is 0. The first-order valence-electron chi connectivity index (χ1n) is 8.16. The van der Waals surface area contributed by atoms with Crippen LogP contribution in [-0.2, 0) is 10.9 Å². The van der Waals surface area contributed by atoms with Crippen LogP contribution in [0.1, 0.15) is 12.5 Å². The summed E-state index contributed by atoms with van der Waals surface area (Å²) >= 11 is 0. The largest absolute Gasteiger partial charge is 0.417 e. The molecule has 1 saturated heterocycles. The Balaban J connectivity index is 1.74. The van der Waals surface area contributed by atoms with Crippen LogP contribution in [0.5, 0.6) is 0 Å². The van der Waals surface area contributed by atoms with Gasteiger partial charge in [-0.05, 0) is 25.1 Å². The van der Waals surface area contributed by atoms with E-state index in [0.717, 1.165) is 12.3 Å². The molecule has 0 aromatic carbocycles. The number of nitrogens with zero attached hydrogens (tertiary/aromatic N) is 5. The van der Waals surface area contributed by atoms with Gasteiger partial charge >= 0.3 is 6.18 Å². The van der Waals surface area contributed by atoms with E-state index in [1.807, 2.05) is 11.8 Å². The molecule has 0 spiro atoms. The highest BCUT2D eigenvalue weighted by Gasteiger charge is 2.31. The van der Waals surface area contributed by atoms with Crippen molar-refractivity contribution in [2.24, 2.45) is 0 Å². The minimum atomic E-state index is -4.42. The monoisotopic (exact) mass is 363 g/mol. The Bertz CT molecular complexity index is 940. The zero-order valence-corrected chi connectivity index (χ0v) is 13.9. The van der Waals surface area contributed by atoms with Gasteiger partial charge in [-0.1, -0.05) is 0 Å². The van der Waals surface area contributed by atoms with Crippen LogP contribution < -0.4 is 4.90 Å². The Labute approximate surface area is 147 Å². The van der Waals surface area contributed by atoms with Crippen LogP contribution in [0.2, 0.25) is 0 Å². The maximum absolute atomic E-state index is 13.0. The summed E-state index contributed by atoms with van der Waals surface area (Å²) in [7, 11) is 0. The van der Waals surface area contributed by atoms with E-state index in [-0.39, 0.29) is 6.10 Å². The average Bonchev–Trinajstić information content (AvgIpc) is 3.04. The fourth-order valence-corrected chi connectivity index (χ4v) is 2.98. The highest BCUT2D eigenvalue weighted by atomic mass is 19.4. The normalized spacial score (nSPS) is 18.5. The molecule has 4 rings (SSSR count). The molecule has 0 unspecified atom stereocenters. The fourth-order valence-electron chi connectivity index (χ4n) is 2.98. The van der Waals surface area contributed by atoms with Crippen molar-refractivity contribution in [3.8, 4) is 11.4 Å². The number of alkyl halides is 3. The quantitative estimate of drug-likeness (QED) is 0.701. The summed E-state index contributed by atoms with van der Waals surface area (Å²) in [6.07, 6.45) is -0.192. The molecule has 136 valence electrons. The lowest BCUT2D eigenvalue weighted by Crippen LogP contribution is -2.42. The van der Waals surface area contributed by atoms with Crippen LogP contribution >= 0.6 is 0 Å². The molecule has 4 heterocycles. The molecule has 0 aliphatic carbocycles. The number of pyridine rings is 1. The zero-order valence-electron chi connectivity index (χ0n) is 13.9. The van der Waals surface area contributed by atoms with Gasteiger partial charge in [0.2, 0.25) is 5.95 Å². The summed E-state index contributed by atoms with van der Waals surface area (Å²) in [5.74, 6) is 0.527. The Morgan fingerprint density at radius 1 is 1.19 bits per heavy atom. The molecule has 3 aromatic rings. The van der Waals surface area contributed by atoms with Crippen molar-refractivity contribution in [3.05, 3.63) is 42.4 Å². The van der Waals surface area contributed by atoms with Gasteiger partial charge in [-0.25, -0.2) is 15.0 Å². The molecule has 0 radical (unpaired) electrons. The topological polar surface area (TPSA) is 55.6 Å². The van der Waals surface area contributed by atoms with E-state index >= 15 is 0 Å². The Morgan fingerprint density at radius 3 is 2.81 bits per heavy atom. The first kappa shape index (κ1) is 16.8. The summed E-state index contributed by atoms with van der Waals surface area (Å²) < 4.78 is 46.0. The molecule has 0 saturated carbocycles. The second-order valence-corrected chi connectivity index (χ2v) is 6.16. The number of morpholine rings is 1. The third-order valence-corrected chi connectivity index (χ3v) is 4.26. The first-order valence-corrected chi connectivity index (χ1v) is 8.16. The number of halogens is 3. The van der Waals surface area contributed by atoms with Crippen molar-refractivity contribution in [3.63, 3.8) is 0 Å². The minimum absolute atomic E-state index is 0.0705. The van der Waals surface area contributed by atoms with Crippen molar-refractivity contribution in [2.45, 2.75) is 19.2 Å². The second-order valence-electron chi connectivity index (χ2n) is 6.16. The van der Waals surface area contributed by atoms with Gasteiger partial charge in [0.1, 0.15) is 5.65 Å². The number of anilines is 1. The van der Waals surface area contributed by atoms with Crippen molar-refractivity contribution in [1.29, 1.82) is 0 Å². The van der Waals surface area contributed by atoms with E-state index in [2.05, 4.69) is 15.0 Å². The van der Waals surface area contributed by atoms with E-state index in [0.29, 0.717) is 42.7 Å². The van der Waals surface area contributed by atoms with Gasteiger partial charge in [-0.3, -0.25) is 4.40 Å². The van der Waals surface area contributed by atoms with Crippen LogP contribution in [0.25, 0.3) is 17.0 Å². The van der Waals surface area contributed by atoms with Gasteiger partial charge in [0.05, 0.1) is 35.9 Å². The number of imidazole rings is 1. The molecule has 3 aromatic heterocycles. The third-order valence-electron chi connectivity index (χ3n) is 4.26. The number of hydrogen-bond donors (Lipinski definition) is 0. The maximum Gasteiger partial charge on any atom is 0.417 e. The minimum Gasteiger partial charge on any atom is -0.375 e. The predicted octanol–water partition coefficient (Wildman–Crippen LogP) is 3.04. The summed E-state index contributed by atoms with van der Waals surface area (Å²) in [4.78, 5) is 15.0. The van der Waals surface area contributed by atoms with Gasteiger partial charge < -0.3 is 9.64 Å². The van der Waals surface area contributed by atoms with Crippen molar-refractivity contribution in [1.82, 2.24) is 19.4 Å². The molecule has 26 heavy (non-hydrogen) atoms. The van der Waals surface area contributed by atoms with E-state index in [1.54, 1.807) is 12.3 Å². The average molecular weight is 363 g/mol. The van der Waals surface area contributed by atoms with Gasteiger partial charge in [0.15, 0.2) is 0 Å². The van der Waals surface area contributed by atoms with Gasteiger partial charge in [0, 0.05) is 25.5 Å². The Morgan fingerprint density at radius 2 is 2.04 bits per heavy atom. The Hall–Kier alpha value is -2.68. The molecule has 9 heteroatoms. The van der Waals surface area contributed by atoms with Crippen molar-refractivity contribution in [2.75, 3.05) is 24.6 Å². The molecule has 6 nitrogen and oxygen atoms in total. The van der Waals surface area contributed by atoms with Crippen LogP contribution in [0, 0.1) is 0 Å². The first-order chi connectivity index (χ1) is 12.4. The van der Waals surface area contributed by atoms with Crippen molar-refractivity contribution < 1.29 is 17.9 Å². The number of rotatable bonds is 2. The molecular weight excluding hydrogens is 347 g/mol. The second kappa shape index (κ2) is 6.24. The van der Waals surface area contributed by atoms with E-state index in [9.17, 15) is 13.2 Å². The van der Waals surface area contributed by atoms with Gasteiger partial charge in [-0.15, -0.1) is 0 Å². The highest BCUT2D eigenvalue weighted by molar-refractivity contribution is 5.61. The third kappa shape index (κ3) is 3.10. The van der Waals surface area contributed by atoms with Gasteiger partial charge in [0.25, 0.3) is 0 Å². The summed E-state index contributed by atoms with van der Waals surface area (Å²) in [6, 6.07) is 4.03. The number of ether oxygens (including phenoxy) is 1. The number of fused-ring (bicyclic) bond motifs is 1. The van der Waals surface area contributed by atoms with Crippen LogP contribution in [0.4, 0.5) is 19.1 Å². The maximum atomic E-state index is 13.0. The molecule has 1 aliphatic heterocycles. The fraction of sp³-hybridized carbons (Fsp3) is 0.353. The van der Waals surface area contributed by atoms with Gasteiger partial charge in [-0.2, -0.15) is 13.2 Å². The smallest absolute Gasteiger partial charge is 0.375 e. The van der Waals surface area contributed by atoms with Crippen LogP contribution in [0.3, 0.4) is 0 Å². The lowest BCUT2D eigenvalue weighted by Gasteiger charge is -2.31. The molecule has 1 fully saturated rings. The van der Waals surface area contributed by atoms with Crippen LogP contribution in [-0.4, -0.2) is 45.2 Å². The van der Waals surface area contributed by atoms with E-state index in [4.69, 9.17) is 4.74 Å². The van der Waals surface area contributed by atoms with Crippen LogP contribution in [0.15, 0.2) is 36.8 Å². The highest BCUT2D eigenvalue weighted by Crippen LogP contribution is 2.30. The molecule has 1 atom stereocenters. The molecule has 0 amide bonds. The summed E-state index contributed by atoms with van der Waals surface area (Å²) in [6.45, 7) is 3.88. The number of hydrogen-bond acceptors (Lipinski definition) is 5. The predicted molar refractivity (Wildman–Crippen MR) is 88.8 cm³/mol.